The van der Waals surface area contributed by atoms with E-state index in [4.69, 9.17) is 9.72 Å². The maximum Gasteiger partial charge on any atom is 0.258 e. The Kier molecular flexibility index (Phi) is 5.38. The molecule has 2 heterocycles. The molecule has 0 spiro atoms. The van der Waals surface area contributed by atoms with Gasteiger partial charge in [0.15, 0.2) is 0 Å². The predicted octanol–water partition coefficient (Wildman–Crippen LogP) is 5.99. The number of benzene rings is 3. The number of aromatic nitrogens is 1. The highest BCUT2D eigenvalue weighted by Gasteiger charge is 2.33. The molecule has 1 aliphatic heterocycles. The van der Waals surface area contributed by atoms with Gasteiger partial charge in [-0.25, -0.2) is 9.37 Å². The molecule has 31 heavy (non-hydrogen) atoms. The Morgan fingerprint density at radius 3 is 2.68 bits per heavy atom. The fourth-order valence-electron chi connectivity index (χ4n) is 3.96. The molecule has 4 aromatic rings. The first kappa shape index (κ1) is 19.7. The summed E-state index contributed by atoms with van der Waals surface area (Å²) in [6, 6.07) is 21.5. The quantitative estimate of drug-likeness (QED) is 0.389. The van der Waals surface area contributed by atoms with Crippen LogP contribution >= 0.6 is 11.3 Å². The first-order chi connectivity index (χ1) is 15.2. The van der Waals surface area contributed by atoms with Gasteiger partial charge in [0.2, 0.25) is 0 Å². The minimum Gasteiger partial charge on any atom is -0.488 e. The van der Waals surface area contributed by atoms with Gasteiger partial charge in [0.25, 0.3) is 5.91 Å². The molecule has 0 saturated carbocycles. The Morgan fingerprint density at radius 1 is 1.06 bits per heavy atom. The number of para-hydroxylation sites is 2. The standard InChI is InChI=1S/C25H21FN2O2S/c26-18-13-11-17(12-14-18)16-30-22-9-3-1-6-19(22)25(29)28-15-5-8-21(28)24-27-20-7-2-4-10-23(20)31-24/h1-4,6-7,9-14,21H,5,8,15-16H2. The third kappa shape index (κ3) is 4.03. The van der Waals surface area contributed by atoms with Crippen molar-refractivity contribution >= 4 is 27.5 Å². The van der Waals surface area contributed by atoms with Crippen LogP contribution in [0.1, 0.15) is 39.8 Å². The molecule has 6 heteroatoms. The van der Waals surface area contributed by atoms with E-state index < -0.39 is 0 Å². The Bertz CT molecular complexity index is 1190. The van der Waals surface area contributed by atoms with Gasteiger partial charge in [0.05, 0.1) is 21.8 Å². The summed E-state index contributed by atoms with van der Waals surface area (Å²) in [7, 11) is 0. The van der Waals surface area contributed by atoms with Crippen LogP contribution in [0.25, 0.3) is 10.2 Å². The molecule has 1 unspecified atom stereocenters. The van der Waals surface area contributed by atoms with Crippen LogP contribution in [0.2, 0.25) is 0 Å². The molecule has 1 aliphatic rings. The Balaban J connectivity index is 1.38. The average Bonchev–Trinajstić information content (AvgIpc) is 3.45. The van der Waals surface area contributed by atoms with Crippen LogP contribution in [0.5, 0.6) is 5.75 Å². The number of nitrogens with zero attached hydrogens (tertiary/aromatic N) is 2. The van der Waals surface area contributed by atoms with E-state index in [0.717, 1.165) is 33.6 Å². The first-order valence-electron chi connectivity index (χ1n) is 10.3. The van der Waals surface area contributed by atoms with Crippen molar-refractivity contribution in [2.75, 3.05) is 6.54 Å². The largest absolute Gasteiger partial charge is 0.488 e. The summed E-state index contributed by atoms with van der Waals surface area (Å²) in [6.45, 7) is 0.970. The number of likely N-dealkylation sites (tertiary alicyclic amines) is 1. The van der Waals surface area contributed by atoms with Crippen LogP contribution in [0.15, 0.2) is 72.8 Å². The van der Waals surface area contributed by atoms with Crippen molar-refractivity contribution < 1.29 is 13.9 Å². The fraction of sp³-hybridized carbons (Fsp3) is 0.200. The number of carbonyl (C=O) groups is 1. The molecule has 1 saturated heterocycles. The summed E-state index contributed by atoms with van der Waals surface area (Å²) in [5, 5.41) is 0.983. The first-order valence-corrected chi connectivity index (χ1v) is 11.1. The van der Waals surface area contributed by atoms with E-state index in [1.807, 2.05) is 35.2 Å². The lowest BCUT2D eigenvalue weighted by Crippen LogP contribution is -2.30. The van der Waals surface area contributed by atoms with Crippen molar-refractivity contribution in [3.8, 4) is 5.75 Å². The van der Waals surface area contributed by atoms with Gasteiger partial charge in [0.1, 0.15) is 23.2 Å². The van der Waals surface area contributed by atoms with Gasteiger partial charge in [-0.3, -0.25) is 4.79 Å². The summed E-state index contributed by atoms with van der Waals surface area (Å²) in [6.07, 6.45) is 1.86. The summed E-state index contributed by atoms with van der Waals surface area (Å²) in [4.78, 5) is 20.2. The van der Waals surface area contributed by atoms with E-state index in [9.17, 15) is 9.18 Å². The minimum absolute atomic E-state index is 0.0185. The van der Waals surface area contributed by atoms with Crippen LogP contribution in [-0.2, 0) is 6.61 Å². The van der Waals surface area contributed by atoms with E-state index in [0.29, 0.717) is 17.9 Å². The molecule has 1 atom stereocenters. The topological polar surface area (TPSA) is 42.4 Å². The second-order valence-electron chi connectivity index (χ2n) is 7.59. The summed E-state index contributed by atoms with van der Waals surface area (Å²) in [5.74, 6) is 0.206. The molecule has 5 rings (SSSR count). The van der Waals surface area contributed by atoms with E-state index in [2.05, 4.69) is 6.07 Å². The number of thiazole rings is 1. The third-order valence-corrected chi connectivity index (χ3v) is 6.67. The van der Waals surface area contributed by atoms with Gasteiger partial charge in [-0.05, 0) is 54.8 Å². The van der Waals surface area contributed by atoms with Crippen molar-refractivity contribution in [1.82, 2.24) is 9.88 Å². The normalized spacial score (nSPS) is 16.0. The molecule has 156 valence electrons. The van der Waals surface area contributed by atoms with Gasteiger partial charge >= 0.3 is 0 Å². The van der Waals surface area contributed by atoms with Gasteiger partial charge in [-0.1, -0.05) is 36.4 Å². The Morgan fingerprint density at radius 2 is 1.84 bits per heavy atom. The molecule has 4 nitrogen and oxygen atoms in total. The highest BCUT2D eigenvalue weighted by molar-refractivity contribution is 7.18. The van der Waals surface area contributed by atoms with Gasteiger partial charge in [-0.2, -0.15) is 0 Å². The smallest absolute Gasteiger partial charge is 0.258 e. The van der Waals surface area contributed by atoms with Gasteiger partial charge in [-0.15, -0.1) is 11.3 Å². The van der Waals surface area contributed by atoms with E-state index >= 15 is 0 Å². The highest BCUT2D eigenvalue weighted by Crippen LogP contribution is 2.38. The molecule has 0 aliphatic carbocycles. The minimum atomic E-state index is -0.283. The molecule has 0 radical (unpaired) electrons. The zero-order valence-corrected chi connectivity index (χ0v) is 17.6. The number of fused-ring (bicyclic) bond motifs is 1. The SMILES string of the molecule is O=C(c1ccccc1OCc1ccc(F)cc1)N1CCCC1c1nc2ccccc2s1. The van der Waals surface area contributed by atoms with Crippen molar-refractivity contribution in [2.24, 2.45) is 0 Å². The van der Waals surface area contributed by atoms with Crippen LogP contribution in [0, 0.1) is 5.82 Å². The van der Waals surface area contributed by atoms with E-state index in [-0.39, 0.29) is 24.4 Å². The summed E-state index contributed by atoms with van der Waals surface area (Å²) in [5.41, 5.74) is 2.36. The summed E-state index contributed by atoms with van der Waals surface area (Å²) >= 11 is 1.66. The fourth-order valence-corrected chi connectivity index (χ4v) is 5.08. The van der Waals surface area contributed by atoms with Crippen molar-refractivity contribution in [2.45, 2.75) is 25.5 Å². The molecule has 1 fully saturated rings. The summed E-state index contributed by atoms with van der Waals surface area (Å²) < 4.78 is 20.2. The third-order valence-electron chi connectivity index (χ3n) is 5.53. The van der Waals surface area contributed by atoms with Crippen LogP contribution in [0.3, 0.4) is 0 Å². The number of hydrogen-bond donors (Lipinski definition) is 0. The lowest BCUT2D eigenvalue weighted by Gasteiger charge is -2.24. The monoisotopic (exact) mass is 432 g/mol. The Labute approximate surface area is 183 Å². The van der Waals surface area contributed by atoms with Crippen LogP contribution in [-0.4, -0.2) is 22.3 Å². The predicted molar refractivity (Wildman–Crippen MR) is 120 cm³/mol. The molecule has 1 amide bonds. The zero-order valence-electron chi connectivity index (χ0n) is 16.8. The molecular formula is C25H21FN2O2S. The Hall–Kier alpha value is -3.25. The lowest BCUT2D eigenvalue weighted by molar-refractivity contribution is 0.0730. The number of carbonyl (C=O) groups excluding carboxylic acids is 1. The number of hydrogen-bond acceptors (Lipinski definition) is 4. The van der Waals surface area contributed by atoms with Gasteiger partial charge < -0.3 is 9.64 Å². The van der Waals surface area contributed by atoms with Gasteiger partial charge in [0, 0.05) is 6.54 Å². The van der Waals surface area contributed by atoms with Crippen molar-refractivity contribution in [3.63, 3.8) is 0 Å². The highest BCUT2D eigenvalue weighted by atomic mass is 32.1. The molecular weight excluding hydrogens is 411 g/mol. The maximum atomic E-state index is 13.5. The van der Waals surface area contributed by atoms with Crippen molar-refractivity contribution in [1.29, 1.82) is 0 Å². The molecule has 3 aromatic carbocycles. The van der Waals surface area contributed by atoms with E-state index in [1.165, 1.54) is 12.1 Å². The second kappa shape index (κ2) is 8.47. The zero-order chi connectivity index (χ0) is 21.2. The molecule has 0 bridgehead atoms. The molecule has 0 N–H and O–H groups in total. The van der Waals surface area contributed by atoms with Crippen LogP contribution < -0.4 is 4.74 Å². The lowest BCUT2D eigenvalue weighted by atomic mass is 10.1. The number of rotatable bonds is 5. The number of halogens is 1. The second-order valence-corrected chi connectivity index (χ2v) is 8.65. The average molecular weight is 433 g/mol. The van der Waals surface area contributed by atoms with Crippen LogP contribution in [0.4, 0.5) is 4.39 Å². The molecule has 1 aromatic heterocycles. The van der Waals surface area contributed by atoms with Crippen molar-refractivity contribution in [3.05, 3.63) is 94.7 Å². The number of ether oxygens (including phenoxy) is 1. The number of amides is 1. The maximum absolute atomic E-state index is 13.5. The van der Waals surface area contributed by atoms with E-state index in [1.54, 1.807) is 35.6 Å².